The highest BCUT2D eigenvalue weighted by atomic mass is 15.3. The van der Waals surface area contributed by atoms with Crippen molar-refractivity contribution in [2.24, 2.45) is 12.8 Å². The number of aryl methyl sites for hydroxylation is 2. The molecule has 0 aliphatic carbocycles. The first-order valence-corrected chi connectivity index (χ1v) is 5.02. The maximum atomic E-state index is 6.05. The number of hydrogen-bond acceptors (Lipinski definition) is 2. The van der Waals surface area contributed by atoms with Crippen LogP contribution in [0.5, 0.6) is 0 Å². The van der Waals surface area contributed by atoms with Gasteiger partial charge in [0.1, 0.15) is 0 Å². The molecule has 1 atom stereocenters. The van der Waals surface area contributed by atoms with Gasteiger partial charge in [-0.3, -0.25) is 4.68 Å². The van der Waals surface area contributed by atoms with Gasteiger partial charge in [0.2, 0.25) is 0 Å². The van der Waals surface area contributed by atoms with Crippen LogP contribution < -0.4 is 5.73 Å². The Hall–Kier alpha value is -1.09. The SMILES string of the molecule is C=CCCCC(N)c1cc(C)nn1C. The Kier molecular flexibility index (Phi) is 3.89. The first-order chi connectivity index (χ1) is 6.65. The van der Waals surface area contributed by atoms with Crippen LogP contribution in [0.15, 0.2) is 18.7 Å². The van der Waals surface area contributed by atoms with E-state index in [1.807, 2.05) is 24.7 Å². The van der Waals surface area contributed by atoms with Crippen LogP contribution in [0.3, 0.4) is 0 Å². The fraction of sp³-hybridized carbons (Fsp3) is 0.545. The van der Waals surface area contributed by atoms with E-state index >= 15 is 0 Å². The molecule has 78 valence electrons. The second kappa shape index (κ2) is 4.96. The zero-order chi connectivity index (χ0) is 10.6. The summed E-state index contributed by atoms with van der Waals surface area (Å²) in [7, 11) is 1.94. The summed E-state index contributed by atoms with van der Waals surface area (Å²) in [5.74, 6) is 0. The Morgan fingerprint density at radius 2 is 2.43 bits per heavy atom. The van der Waals surface area contributed by atoms with Crippen molar-refractivity contribution in [3.63, 3.8) is 0 Å². The van der Waals surface area contributed by atoms with Gasteiger partial charge in [0.15, 0.2) is 0 Å². The molecule has 0 saturated heterocycles. The Morgan fingerprint density at radius 1 is 1.71 bits per heavy atom. The lowest BCUT2D eigenvalue weighted by molar-refractivity contribution is 0.562. The molecule has 0 bridgehead atoms. The van der Waals surface area contributed by atoms with Crippen LogP contribution >= 0.6 is 0 Å². The van der Waals surface area contributed by atoms with E-state index in [4.69, 9.17) is 5.73 Å². The Morgan fingerprint density at radius 3 is 2.93 bits per heavy atom. The van der Waals surface area contributed by atoms with Crippen molar-refractivity contribution in [1.29, 1.82) is 0 Å². The Bertz CT molecular complexity index is 301. The minimum Gasteiger partial charge on any atom is -0.323 e. The average molecular weight is 193 g/mol. The normalized spacial score (nSPS) is 12.8. The fourth-order valence-electron chi connectivity index (χ4n) is 1.61. The molecule has 3 nitrogen and oxygen atoms in total. The molecule has 0 fully saturated rings. The van der Waals surface area contributed by atoms with Crippen molar-refractivity contribution in [2.45, 2.75) is 32.2 Å². The summed E-state index contributed by atoms with van der Waals surface area (Å²) in [4.78, 5) is 0. The average Bonchev–Trinajstić information content (AvgIpc) is 2.45. The molecule has 0 radical (unpaired) electrons. The van der Waals surface area contributed by atoms with E-state index in [1.54, 1.807) is 0 Å². The summed E-state index contributed by atoms with van der Waals surface area (Å²) in [5.41, 5.74) is 8.20. The third-order valence-electron chi connectivity index (χ3n) is 2.34. The van der Waals surface area contributed by atoms with Gasteiger partial charge in [0.25, 0.3) is 0 Å². The van der Waals surface area contributed by atoms with E-state index in [0.29, 0.717) is 0 Å². The monoisotopic (exact) mass is 193 g/mol. The second-order valence-corrected chi connectivity index (χ2v) is 3.66. The summed E-state index contributed by atoms with van der Waals surface area (Å²) in [6, 6.07) is 2.15. The van der Waals surface area contributed by atoms with Crippen LogP contribution in [0, 0.1) is 6.92 Å². The van der Waals surface area contributed by atoms with Crippen molar-refractivity contribution < 1.29 is 0 Å². The minimum absolute atomic E-state index is 0.0983. The first kappa shape index (κ1) is 11.0. The van der Waals surface area contributed by atoms with Crippen molar-refractivity contribution in [2.75, 3.05) is 0 Å². The predicted octanol–water partition coefficient (Wildman–Crippen LogP) is 2.08. The highest BCUT2D eigenvalue weighted by Crippen LogP contribution is 2.16. The third kappa shape index (κ3) is 2.70. The molecule has 0 aliphatic rings. The molecule has 1 aromatic heterocycles. The van der Waals surface area contributed by atoms with Gasteiger partial charge in [-0.05, 0) is 32.3 Å². The van der Waals surface area contributed by atoms with E-state index in [2.05, 4.69) is 17.7 Å². The van der Waals surface area contributed by atoms with Crippen molar-refractivity contribution in [3.05, 3.63) is 30.1 Å². The van der Waals surface area contributed by atoms with E-state index in [-0.39, 0.29) is 6.04 Å². The number of nitrogens with zero attached hydrogens (tertiary/aromatic N) is 2. The molecule has 1 heterocycles. The molecular weight excluding hydrogens is 174 g/mol. The molecule has 1 unspecified atom stereocenters. The summed E-state index contributed by atoms with van der Waals surface area (Å²) >= 11 is 0. The number of allylic oxidation sites excluding steroid dienone is 1. The van der Waals surface area contributed by atoms with Gasteiger partial charge < -0.3 is 5.73 Å². The van der Waals surface area contributed by atoms with Gasteiger partial charge in [-0.25, -0.2) is 0 Å². The lowest BCUT2D eigenvalue weighted by Crippen LogP contribution is -2.14. The molecule has 0 saturated carbocycles. The van der Waals surface area contributed by atoms with E-state index < -0.39 is 0 Å². The topological polar surface area (TPSA) is 43.8 Å². The Labute approximate surface area is 85.6 Å². The minimum atomic E-state index is 0.0983. The van der Waals surface area contributed by atoms with Gasteiger partial charge >= 0.3 is 0 Å². The van der Waals surface area contributed by atoms with Crippen LogP contribution in [-0.4, -0.2) is 9.78 Å². The van der Waals surface area contributed by atoms with Gasteiger partial charge in [-0.2, -0.15) is 5.10 Å². The van der Waals surface area contributed by atoms with E-state index in [0.717, 1.165) is 30.7 Å². The zero-order valence-corrected chi connectivity index (χ0v) is 9.03. The third-order valence-corrected chi connectivity index (χ3v) is 2.34. The summed E-state index contributed by atoms with van der Waals surface area (Å²) in [6.07, 6.45) is 5.05. The lowest BCUT2D eigenvalue weighted by atomic mass is 10.1. The number of aromatic nitrogens is 2. The molecule has 2 N–H and O–H groups in total. The van der Waals surface area contributed by atoms with Gasteiger partial charge in [0, 0.05) is 13.1 Å². The number of nitrogens with two attached hydrogens (primary N) is 1. The summed E-state index contributed by atoms with van der Waals surface area (Å²) in [6.45, 7) is 5.68. The fourth-order valence-corrected chi connectivity index (χ4v) is 1.61. The van der Waals surface area contributed by atoms with Crippen LogP contribution in [-0.2, 0) is 7.05 Å². The van der Waals surface area contributed by atoms with Crippen LogP contribution in [0.2, 0.25) is 0 Å². The maximum absolute atomic E-state index is 6.05. The smallest absolute Gasteiger partial charge is 0.0597 e. The number of hydrogen-bond donors (Lipinski definition) is 1. The van der Waals surface area contributed by atoms with Crippen molar-refractivity contribution >= 4 is 0 Å². The molecule has 1 rings (SSSR count). The second-order valence-electron chi connectivity index (χ2n) is 3.66. The molecule has 0 aromatic carbocycles. The van der Waals surface area contributed by atoms with Gasteiger partial charge in [-0.15, -0.1) is 6.58 Å². The molecule has 0 spiro atoms. The summed E-state index contributed by atoms with van der Waals surface area (Å²) < 4.78 is 1.87. The largest absolute Gasteiger partial charge is 0.323 e. The molecule has 3 heteroatoms. The maximum Gasteiger partial charge on any atom is 0.0597 e. The molecule has 14 heavy (non-hydrogen) atoms. The molecule has 1 aromatic rings. The number of rotatable bonds is 5. The molecular formula is C11H19N3. The van der Waals surface area contributed by atoms with Crippen molar-refractivity contribution in [1.82, 2.24) is 9.78 Å². The molecule has 0 amide bonds. The predicted molar refractivity (Wildman–Crippen MR) is 58.9 cm³/mol. The quantitative estimate of drug-likeness (QED) is 0.574. The summed E-state index contributed by atoms with van der Waals surface area (Å²) in [5, 5.41) is 4.28. The van der Waals surface area contributed by atoms with Gasteiger partial charge in [-0.1, -0.05) is 6.08 Å². The number of unbranched alkanes of at least 4 members (excludes halogenated alkanes) is 1. The van der Waals surface area contributed by atoms with Crippen molar-refractivity contribution in [3.8, 4) is 0 Å². The standard InChI is InChI=1S/C11H19N3/c1-4-5-6-7-10(12)11-8-9(2)13-14(11)3/h4,8,10H,1,5-7,12H2,2-3H3. The van der Waals surface area contributed by atoms with Crippen LogP contribution in [0.25, 0.3) is 0 Å². The van der Waals surface area contributed by atoms with Crippen LogP contribution in [0.1, 0.15) is 36.7 Å². The van der Waals surface area contributed by atoms with E-state index in [1.165, 1.54) is 0 Å². The zero-order valence-electron chi connectivity index (χ0n) is 9.03. The first-order valence-electron chi connectivity index (χ1n) is 5.02. The lowest BCUT2D eigenvalue weighted by Gasteiger charge is -2.10. The Balaban J connectivity index is 2.55. The highest BCUT2D eigenvalue weighted by molar-refractivity contribution is 5.12. The molecule has 0 aliphatic heterocycles. The highest BCUT2D eigenvalue weighted by Gasteiger charge is 2.10. The van der Waals surface area contributed by atoms with Crippen LogP contribution in [0.4, 0.5) is 0 Å². The van der Waals surface area contributed by atoms with E-state index in [9.17, 15) is 0 Å². The van der Waals surface area contributed by atoms with Gasteiger partial charge in [0.05, 0.1) is 11.4 Å².